The number of nitrogens with zero attached hydrogens (tertiary/aromatic N) is 1. The van der Waals surface area contributed by atoms with E-state index in [4.69, 9.17) is 22.1 Å². The maximum Gasteiger partial charge on any atom is 0.303 e. The van der Waals surface area contributed by atoms with Crippen molar-refractivity contribution < 1.29 is 19.7 Å². The Bertz CT molecular complexity index is 750. The van der Waals surface area contributed by atoms with Crippen LogP contribution in [0.5, 0.6) is 5.88 Å². The van der Waals surface area contributed by atoms with E-state index in [0.29, 0.717) is 28.4 Å². The van der Waals surface area contributed by atoms with Gasteiger partial charge >= 0.3 is 5.97 Å². The van der Waals surface area contributed by atoms with Crippen LogP contribution in [0.3, 0.4) is 0 Å². The molecule has 7 heteroatoms. The summed E-state index contributed by atoms with van der Waals surface area (Å²) in [5.41, 5.74) is 1.20. The van der Waals surface area contributed by atoms with Crippen molar-refractivity contribution in [1.82, 2.24) is 4.57 Å². The van der Waals surface area contributed by atoms with E-state index in [9.17, 15) is 9.90 Å². The zero-order valence-electron chi connectivity index (χ0n) is 13.1. The van der Waals surface area contributed by atoms with Gasteiger partial charge in [0.05, 0.1) is 17.7 Å². The molecule has 5 nitrogen and oxygen atoms in total. The number of ether oxygens (including phenoxy) is 1. The monoisotopic (exact) mass is 365 g/mol. The van der Waals surface area contributed by atoms with Gasteiger partial charge in [0.15, 0.2) is 3.95 Å². The van der Waals surface area contributed by atoms with E-state index in [0.717, 1.165) is 6.42 Å². The predicted molar refractivity (Wildman–Crippen MR) is 96.8 cm³/mol. The molecule has 24 heavy (non-hydrogen) atoms. The number of aromatic nitrogens is 1. The summed E-state index contributed by atoms with van der Waals surface area (Å²) in [5, 5.41) is 18.8. The minimum Gasteiger partial charge on any atom is -0.501 e. The van der Waals surface area contributed by atoms with Gasteiger partial charge < -0.3 is 14.9 Å². The standard InChI is InChI=1S/C17H19NO4S2/c19-15(20)7-4-10-18-16(21)14(24-17(18)23)9-12-22-11-8-13-5-2-1-3-6-13/h1-3,5-6,9,12,21H,4,7-8,10-11H2,(H,19,20). The van der Waals surface area contributed by atoms with Gasteiger partial charge in [-0.15, -0.1) is 11.3 Å². The molecule has 0 radical (unpaired) electrons. The van der Waals surface area contributed by atoms with Gasteiger partial charge in [0.1, 0.15) is 0 Å². The van der Waals surface area contributed by atoms with Crippen molar-refractivity contribution in [2.75, 3.05) is 6.61 Å². The molecule has 2 aromatic rings. The second-order valence-electron chi connectivity index (χ2n) is 5.11. The van der Waals surface area contributed by atoms with E-state index in [1.165, 1.54) is 16.9 Å². The molecule has 0 saturated heterocycles. The van der Waals surface area contributed by atoms with Crippen molar-refractivity contribution in [3.8, 4) is 5.88 Å². The number of rotatable bonds is 9. The highest BCUT2D eigenvalue weighted by Crippen LogP contribution is 2.27. The first-order chi connectivity index (χ1) is 11.6. The van der Waals surface area contributed by atoms with Crippen molar-refractivity contribution in [3.63, 3.8) is 0 Å². The highest BCUT2D eigenvalue weighted by atomic mass is 32.1. The highest BCUT2D eigenvalue weighted by Gasteiger charge is 2.10. The lowest BCUT2D eigenvalue weighted by molar-refractivity contribution is -0.137. The molecule has 2 rings (SSSR count). The molecule has 0 bridgehead atoms. The Balaban J connectivity index is 1.85. The Kier molecular flexibility index (Phi) is 7.02. The van der Waals surface area contributed by atoms with Crippen LogP contribution in [0.4, 0.5) is 0 Å². The SMILES string of the molecule is O=C(O)CCCn1c(O)c(C=COCCc2ccccc2)sc1=S. The lowest BCUT2D eigenvalue weighted by Gasteiger charge is -2.03. The third kappa shape index (κ3) is 5.50. The maximum absolute atomic E-state index is 10.5. The molecule has 128 valence electrons. The quantitative estimate of drug-likeness (QED) is 0.398. The summed E-state index contributed by atoms with van der Waals surface area (Å²) in [6, 6.07) is 10.0. The third-order valence-electron chi connectivity index (χ3n) is 3.33. The largest absolute Gasteiger partial charge is 0.501 e. The topological polar surface area (TPSA) is 71.7 Å². The molecule has 0 spiro atoms. The molecule has 0 aliphatic heterocycles. The van der Waals surface area contributed by atoms with Gasteiger partial charge in [0.2, 0.25) is 5.88 Å². The van der Waals surface area contributed by atoms with Crippen LogP contribution in [0.15, 0.2) is 36.6 Å². The van der Waals surface area contributed by atoms with Crippen LogP contribution in [0.2, 0.25) is 0 Å². The summed E-state index contributed by atoms with van der Waals surface area (Å²) in [6.45, 7) is 0.933. The Labute approximate surface area is 149 Å². The number of hydrogen-bond donors (Lipinski definition) is 2. The molecule has 0 amide bonds. The summed E-state index contributed by atoms with van der Waals surface area (Å²) in [4.78, 5) is 11.2. The van der Waals surface area contributed by atoms with Gasteiger partial charge in [-0.3, -0.25) is 9.36 Å². The number of hydrogen-bond acceptors (Lipinski definition) is 5. The smallest absolute Gasteiger partial charge is 0.303 e. The van der Waals surface area contributed by atoms with Crippen LogP contribution < -0.4 is 0 Å². The summed E-state index contributed by atoms with van der Waals surface area (Å²) < 4.78 is 7.52. The number of aromatic hydroxyl groups is 1. The van der Waals surface area contributed by atoms with Gasteiger partial charge in [-0.1, -0.05) is 30.3 Å². The van der Waals surface area contributed by atoms with Crippen molar-refractivity contribution in [3.05, 3.63) is 51.0 Å². The Morgan fingerprint density at radius 3 is 2.79 bits per heavy atom. The molecule has 0 saturated carbocycles. The van der Waals surface area contributed by atoms with E-state index < -0.39 is 5.97 Å². The van der Waals surface area contributed by atoms with Crippen molar-refractivity contribution >= 4 is 35.6 Å². The fraction of sp³-hybridized carbons (Fsp3) is 0.294. The predicted octanol–water partition coefficient (Wildman–Crippen LogP) is 4.08. The maximum atomic E-state index is 10.5. The van der Waals surface area contributed by atoms with Crippen LogP contribution in [0, 0.1) is 3.95 Å². The fourth-order valence-corrected chi connectivity index (χ4v) is 3.36. The number of thiazole rings is 1. The summed E-state index contributed by atoms with van der Waals surface area (Å²) in [7, 11) is 0. The molecule has 0 fully saturated rings. The van der Waals surface area contributed by atoms with Gasteiger partial charge in [-0.25, -0.2) is 0 Å². The summed E-state index contributed by atoms with van der Waals surface area (Å²) >= 11 is 6.47. The van der Waals surface area contributed by atoms with E-state index >= 15 is 0 Å². The number of carbonyl (C=O) groups is 1. The van der Waals surface area contributed by atoms with E-state index in [2.05, 4.69) is 0 Å². The van der Waals surface area contributed by atoms with Gasteiger partial charge in [-0.2, -0.15) is 0 Å². The zero-order valence-corrected chi connectivity index (χ0v) is 14.7. The molecule has 0 unspecified atom stereocenters. The average molecular weight is 365 g/mol. The fourth-order valence-electron chi connectivity index (χ4n) is 2.11. The third-order valence-corrected chi connectivity index (χ3v) is 4.74. The second kappa shape index (κ2) is 9.24. The molecule has 0 aliphatic rings. The van der Waals surface area contributed by atoms with Crippen LogP contribution in [0.25, 0.3) is 6.08 Å². The normalized spacial score (nSPS) is 11.0. The first-order valence-corrected chi connectivity index (χ1v) is 8.77. The second-order valence-corrected chi connectivity index (χ2v) is 6.79. The van der Waals surface area contributed by atoms with Gasteiger partial charge in [0, 0.05) is 19.4 Å². The van der Waals surface area contributed by atoms with Gasteiger partial charge in [-0.05, 0) is 30.3 Å². The summed E-state index contributed by atoms with van der Waals surface area (Å²) in [6.07, 6.45) is 4.50. The number of benzene rings is 1. The molecular weight excluding hydrogens is 346 g/mol. The highest BCUT2D eigenvalue weighted by molar-refractivity contribution is 7.73. The number of aliphatic carboxylic acids is 1. The Hall–Kier alpha value is -2.12. The van der Waals surface area contributed by atoms with E-state index in [1.54, 1.807) is 16.9 Å². The van der Waals surface area contributed by atoms with Crippen molar-refractivity contribution in [2.45, 2.75) is 25.8 Å². The minimum absolute atomic E-state index is 0.0465. The van der Waals surface area contributed by atoms with E-state index in [1.807, 2.05) is 30.3 Å². The van der Waals surface area contributed by atoms with Crippen LogP contribution in [0.1, 0.15) is 23.3 Å². The Morgan fingerprint density at radius 2 is 2.08 bits per heavy atom. The lowest BCUT2D eigenvalue weighted by atomic mass is 10.2. The van der Waals surface area contributed by atoms with E-state index in [-0.39, 0.29) is 12.3 Å². The van der Waals surface area contributed by atoms with Crippen molar-refractivity contribution in [1.29, 1.82) is 0 Å². The molecule has 1 heterocycles. The zero-order chi connectivity index (χ0) is 17.4. The van der Waals surface area contributed by atoms with Crippen LogP contribution in [-0.4, -0.2) is 27.4 Å². The molecular formula is C17H19NO4S2. The lowest BCUT2D eigenvalue weighted by Crippen LogP contribution is -2.01. The van der Waals surface area contributed by atoms with Crippen LogP contribution >= 0.6 is 23.6 Å². The van der Waals surface area contributed by atoms with Crippen molar-refractivity contribution in [2.24, 2.45) is 0 Å². The first-order valence-electron chi connectivity index (χ1n) is 7.54. The number of carboxylic acid groups (broad SMARTS) is 1. The summed E-state index contributed by atoms with van der Waals surface area (Å²) in [5.74, 6) is -0.804. The molecule has 0 aliphatic carbocycles. The van der Waals surface area contributed by atoms with Crippen LogP contribution in [-0.2, 0) is 22.5 Å². The first kappa shape index (κ1) is 18.2. The number of carboxylic acids is 1. The van der Waals surface area contributed by atoms with Gasteiger partial charge in [0.25, 0.3) is 0 Å². The minimum atomic E-state index is -0.858. The average Bonchev–Trinajstić information content (AvgIpc) is 2.83. The Morgan fingerprint density at radius 1 is 1.33 bits per heavy atom. The molecule has 0 atom stereocenters. The molecule has 1 aromatic carbocycles. The molecule has 1 aromatic heterocycles. The molecule has 2 N–H and O–H groups in total.